The number of halogens is 1. The van der Waals surface area contributed by atoms with Gasteiger partial charge in [0.05, 0.1) is 5.56 Å². The summed E-state index contributed by atoms with van der Waals surface area (Å²) < 4.78 is 19.3. The SMILES string of the molecule is O=C(Nc1ccn([C@H]2CC[C@@H]([C@@H](O)F)O2)c(=O)n1)c1cccnc1. The molecule has 3 rings (SSSR count). The van der Waals surface area contributed by atoms with Gasteiger partial charge in [0, 0.05) is 18.6 Å². The minimum atomic E-state index is -2.09. The Morgan fingerprint density at radius 2 is 2.29 bits per heavy atom. The summed E-state index contributed by atoms with van der Waals surface area (Å²) in [6.07, 6.45) is 1.30. The highest BCUT2D eigenvalue weighted by Crippen LogP contribution is 2.29. The third-order valence-electron chi connectivity index (χ3n) is 3.64. The molecule has 3 heterocycles. The van der Waals surface area contributed by atoms with Crippen molar-refractivity contribution in [3.63, 3.8) is 0 Å². The molecule has 1 amide bonds. The molecule has 2 aromatic heterocycles. The van der Waals surface area contributed by atoms with E-state index in [9.17, 15) is 14.0 Å². The molecular weight excluding hydrogens is 319 g/mol. The molecule has 2 N–H and O–H groups in total. The van der Waals surface area contributed by atoms with Crippen LogP contribution in [0.3, 0.4) is 0 Å². The van der Waals surface area contributed by atoms with Gasteiger partial charge in [0.25, 0.3) is 5.91 Å². The highest BCUT2D eigenvalue weighted by molar-refractivity contribution is 6.03. The first-order valence-electron chi connectivity index (χ1n) is 7.33. The smallest absolute Gasteiger partial charge is 0.351 e. The van der Waals surface area contributed by atoms with Gasteiger partial charge in [0.1, 0.15) is 18.1 Å². The summed E-state index contributed by atoms with van der Waals surface area (Å²) in [5.41, 5.74) is -0.305. The maximum Gasteiger partial charge on any atom is 0.351 e. The number of anilines is 1. The number of rotatable bonds is 4. The fourth-order valence-corrected chi connectivity index (χ4v) is 2.44. The van der Waals surface area contributed by atoms with E-state index < -0.39 is 30.3 Å². The molecule has 9 heteroatoms. The van der Waals surface area contributed by atoms with Crippen molar-refractivity contribution in [1.29, 1.82) is 0 Å². The van der Waals surface area contributed by atoms with Crippen molar-refractivity contribution in [2.75, 3.05) is 5.32 Å². The molecule has 0 unspecified atom stereocenters. The van der Waals surface area contributed by atoms with Crippen molar-refractivity contribution in [3.05, 3.63) is 52.8 Å². The number of amides is 1. The van der Waals surface area contributed by atoms with Gasteiger partial charge >= 0.3 is 5.69 Å². The van der Waals surface area contributed by atoms with Gasteiger partial charge in [0.15, 0.2) is 0 Å². The Kier molecular flexibility index (Phi) is 4.63. The second-order valence-corrected chi connectivity index (χ2v) is 5.28. The number of aliphatic hydroxyl groups excluding tert-OH is 1. The van der Waals surface area contributed by atoms with Crippen LogP contribution in [0.4, 0.5) is 10.2 Å². The van der Waals surface area contributed by atoms with E-state index >= 15 is 0 Å². The summed E-state index contributed by atoms with van der Waals surface area (Å²) in [6.45, 7) is 0. The number of carbonyl (C=O) groups excluding carboxylic acids is 1. The summed E-state index contributed by atoms with van der Waals surface area (Å²) in [5, 5.41) is 11.4. The van der Waals surface area contributed by atoms with Gasteiger partial charge < -0.3 is 15.2 Å². The highest BCUT2D eigenvalue weighted by Gasteiger charge is 2.32. The highest BCUT2D eigenvalue weighted by atomic mass is 19.1. The number of nitrogens with one attached hydrogen (secondary N) is 1. The van der Waals surface area contributed by atoms with Gasteiger partial charge in [-0.25, -0.2) is 9.18 Å². The zero-order chi connectivity index (χ0) is 17.1. The predicted molar refractivity (Wildman–Crippen MR) is 80.9 cm³/mol. The van der Waals surface area contributed by atoms with E-state index in [-0.39, 0.29) is 5.82 Å². The standard InChI is InChI=1S/C15H15FN4O4/c16-13(21)10-3-4-12(24-10)20-7-5-11(19-15(20)23)18-14(22)9-2-1-6-17-8-9/h1-2,5-8,10,12-13,21H,3-4H2,(H,18,19,22,23)/t10-,12+,13+/m0/s1. The first-order chi connectivity index (χ1) is 11.5. The van der Waals surface area contributed by atoms with E-state index in [4.69, 9.17) is 9.84 Å². The van der Waals surface area contributed by atoms with Gasteiger partial charge in [-0.15, -0.1) is 0 Å². The number of aromatic nitrogens is 3. The lowest BCUT2D eigenvalue weighted by molar-refractivity contribution is -0.110. The van der Waals surface area contributed by atoms with Crippen LogP contribution in [0.25, 0.3) is 0 Å². The first kappa shape index (κ1) is 16.2. The largest absolute Gasteiger partial charge is 0.362 e. The minimum absolute atomic E-state index is 0.0881. The molecular formula is C15H15FN4O4. The fourth-order valence-electron chi connectivity index (χ4n) is 2.44. The normalized spacial score (nSPS) is 21.4. The zero-order valence-electron chi connectivity index (χ0n) is 12.5. The molecule has 0 radical (unpaired) electrons. The molecule has 0 spiro atoms. The molecule has 0 saturated carbocycles. The Labute approximate surface area is 135 Å². The van der Waals surface area contributed by atoms with Crippen molar-refractivity contribution >= 4 is 11.7 Å². The Hall–Kier alpha value is -2.65. The van der Waals surface area contributed by atoms with Crippen LogP contribution >= 0.6 is 0 Å². The second kappa shape index (κ2) is 6.85. The Bertz CT molecular complexity index is 781. The Morgan fingerprint density at radius 3 is 2.92 bits per heavy atom. The number of hydrogen-bond acceptors (Lipinski definition) is 6. The van der Waals surface area contributed by atoms with Crippen molar-refractivity contribution in [1.82, 2.24) is 14.5 Å². The minimum Gasteiger partial charge on any atom is -0.362 e. The third-order valence-corrected chi connectivity index (χ3v) is 3.64. The average Bonchev–Trinajstić information content (AvgIpc) is 3.06. The fraction of sp³-hybridized carbons (Fsp3) is 0.333. The molecule has 8 nitrogen and oxygen atoms in total. The molecule has 0 aliphatic carbocycles. The summed E-state index contributed by atoms with van der Waals surface area (Å²) >= 11 is 0. The number of pyridine rings is 1. The van der Waals surface area contributed by atoms with E-state index in [2.05, 4.69) is 15.3 Å². The summed E-state index contributed by atoms with van der Waals surface area (Å²) in [6, 6.07) is 4.64. The van der Waals surface area contributed by atoms with Crippen LogP contribution in [0.1, 0.15) is 29.4 Å². The molecule has 24 heavy (non-hydrogen) atoms. The third kappa shape index (κ3) is 3.47. The average molecular weight is 334 g/mol. The lowest BCUT2D eigenvalue weighted by atomic mass is 10.2. The number of ether oxygens (including phenoxy) is 1. The molecule has 1 aliphatic heterocycles. The summed E-state index contributed by atoms with van der Waals surface area (Å²) in [7, 11) is 0. The summed E-state index contributed by atoms with van der Waals surface area (Å²) in [4.78, 5) is 31.7. The maximum absolute atomic E-state index is 12.8. The molecule has 1 saturated heterocycles. The van der Waals surface area contributed by atoms with Crippen LogP contribution < -0.4 is 11.0 Å². The van der Waals surface area contributed by atoms with Gasteiger partial charge in [-0.05, 0) is 31.0 Å². The van der Waals surface area contributed by atoms with E-state index in [1.807, 2.05) is 0 Å². The number of carbonyl (C=O) groups is 1. The van der Waals surface area contributed by atoms with Crippen LogP contribution in [0.5, 0.6) is 0 Å². The van der Waals surface area contributed by atoms with Crippen molar-refractivity contribution in [3.8, 4) is 0 Å². The van der Waals surface area contributed by atoms with Crippen molar-refractivity contribution < 1.29 is 19.0 Å². The van der Waals surface area contributed by atoms with Crippen LogP contribution in [0.2, 0.25) is 0 Å². The second-order valence-electron chi connectivity index (χ2n) is 5.28. The Balaban J connectivity index is 1.72. The molecule has 3 atom stereocenters. The van der Waals surface area contributed by atoms with Gasteiger partial charge in [-0.1, -0.05) is 0 Å². The quantitative estimate of drug-likeness (QED) is 0.859. The van der Waals surface area contributed by atoms with E-state index in [0.717, 1.165) is 0 Å². The molecule has 0 aromatic carbocycles. The molecule has 1 aliphatic rings. The van der Waals surface area contributed by atoms with Gasteiger partial charge in [-0.3, -0.25) is 14.3 Å². The van der Waals surface area contributed by atoms with Gasteiger partial charge in [-0.2, -0.15) is 4.98 Å². The van der Waals surface area contributed by atoms with Crippen molar-refractivity contribution in [2.24, 2.45) is 0 Å². The molecule has 1 fully saturated rings. The number of hydrogen-bond donors (Lipinski definition) is 2. The molecule has 0 bridgehead atoms. The summed E-state index contributed by atoms with van der Waals surface area (Å²) in [5.74, 6) is -0.351. The van der Waals surface area contributed by atoms with E-state index in [1.165, 1.54) is 23.0 Å². The zero-order valence-corrected chi connectivity index (χ0v) is 12.5. The monoisotopic (exact) mass is 334 g/mol. The lowest BCUT2D eigenvalue weighted by Crippen LogP contribution is -2.29. The van der Waals surface area contributed by atoms with E-state index in [1.54, 1.807) is 18.3 Å². The topological polar surface area (TPSA) is 106 Å². The first-order valence-corrected chi connectivity index (χ1v) is 7.33. The molecule has 126 valence electrons. The van der Waals surface area contributed by atoms with Crippen molar-refractivity contribution in [2.45, 2.75) is 31.5 Å². The van der Waals surface area contributed by atoms with E-state index in [0.29, 0.717) is 18.4 Å². The number of nitrogens with zero attached hydrogens (tertiary/aromatic N) is 3. The van der Waals surface area contributed by atoms with Crippen LogP contribution in [0, 0.1) is 0 Å². The predicted octanol–water partition coefficient (Wildman–Crippen LogP) is 0.856. The van der Waals surface area contributed by atoms with Gasteiger partial charge in [0.2, 0.25) is 6.36 Å². The molecule has 2 aromatic rings. The lowest BCUT2D eigenvalue weighted by Gasteiger charge is -2.16. The van der Waals surface area contributed by atoms with Crippen LogP contribution in [-0.4, -0.2) is 38.0 Å². The number of alkyl halides is 1. The van der Waals surface area contributed by atoms with Crippen LogP contribution in [-0.2, 0) is 4.74 Å². The maximum atomic E-state index is 12.8. The Morgan fingerprint density at radius 1 is 1.46 bits per heavy atom. The van der Waals surface area contributed by atoms with Crippen LogP contribution in [0.15, 0.2) is 41.6 Å². The number of aliphatic hydroxyl groups is 1.